The first-order valence-corrected chi connectivity index (χ1v) is 5.71. The number of benzene rings is 1. The van der Waals surface area contributed by atoms with Crippen LogP contribution in [0.5, 0.6) is 0 Å². The monoisotopic (exact) mass is 270 g/mol. The average Bonchev–Trinajstić information content (AvgIpc) is 2.79. The van der Waals surface area contributed by atoms with E-state index in [0.717, 1.165) is 5.56 Å². The molecule has 1 aromatic heterocycles. The molecule has 1 unspecified atom stereocenters. The Bertz CT molecular complexity index is 544. The summed E-state index contributed by atoms with van der Waals surface area (Å²) in [7, 11) is 0. The van der Waals surface area contributed by atoms with Gasteiger partial charge in [0.15, 0.2) is 0 Å². The average molecular weight is 271 g/mol. The largest absolute Gasteiger partial charge is 0.406 e. The predicted molar refractivity (Wildman–Crippen MR) is 65.6 cm³/mol. The van der Waals surface area contributed by atoms with Gasteiger partial charge in [0, 0.05) is 6.54 Å². The quantitative estimate of drug-likeness (QED) is 0.892. The molecular weight excluding hydrogens is 259 g/mol. The van der Waals surface area contributed by atoms with Gasteiger partial charge in [-0.2, -0.15) is 0 Å². The summed E-state index contributed by atoms with van der Waals surface area (Å²) >= 11 is 5.67. The fourth-order valence-corrected chi connectivity index (χ4v) is 1.52. The molecule has 0 aliphatic carbocycles. The first-order valence-electron chi connectivity index (χ1n) is 5.33. The van der Waals surface area contributed by atoms with Crippen molar-refractivity contribution < 1.29 is 8.81 Å². The second kappa shape index (κ2) is 5.32. The fraction of sp³-hybridized carbons (Fsp3) is 0.273. The van der Waals surface area contributed by atoms with E-state index < -0.39 is 5.82 Å². The summed E-state index contributed by atoms with van der Waals surface area (Å²) in [5, 5.41) is 10.5. The molecule has 0 aliphatic rings. The molecule has 1 heterocycles. The molecule has 0 amide bonds. The Morgan fingerprint density at radius 3 is 2.89 bits per heavy atom. The molecule has 5 nitrogen and oxygen atoms in total. The summed E-state index contributed by atoms with van der Waals surface area (Å²) in [6, 6.07) is 4.42. The maximum Gasteiger partial charge on any atom is 0.315 e. The Hall–Kier alpha value is -1.66. The molecule has 2 aromatic rings. The molecule has 18 heavy (non-hydrogen) atoms. The minimum Gasteiger partial charge on any atom is -0.406 e. The molecular formula is C11H12ClFN4O. The summed E-state index contributed by atoms with van der Waals surface area (Å²) in [4.78, 5) is 0. The van der Waals surface area contributed by atoms with E-state index in [0.29, 0.717) is 12.4 Å². The number of aromatic nitrogens is 2. The molecule has 2 rings (SSSR count). The standard InChI is InChI=1S/C11H12ClFN4O/c1-6(14)10-16-17-11(18-10)15-5-7-2-3-9(13)8(12)4-7/h2-4,6H,5,14H2,1H3,(H,15,17). The van der Waals surface area contributed by atoms with Crippen LogP contribution in [0.25, 0.3) is 0 Å². The summed E-state index contributed by atoms with van der Waals surface area (Å²) in [5.41, 5.74) is 6.40. The van der Waals surface area contributed by atoms with Crippen LogP contribution in [0, 0.1) is 5.82 Å². The van der Waals surface area contributed by atoms with Crippen LogP contribution in [0.15, 0.2) is 22.6 Å². The van der Waals surface area contributed by atoms with Crippen molar-refractivity contribution >= 4 is 17.6 Å². The molecule has 96 valence electrons. The minimum absolute atomic E-state index is 0.0797. The van der Waals surface area contributed by atoms with E-state index in [1.165, 1.54) is 12.1 Å². The van der Waals surface area contributed by atoms with Gasteiger partial charge in [-0.05, 0) is 24.6 Å². The summed E-state index contributed by atoms with van der Waals surface area (Å²) in [5.74, 6) is -0.0907. The Labute approximate surface area is 108 Å². The molecule has 3 N–H and O–H groups in total. The minimum atomic E-state index is -0.447. The third kappa shape index (κ3) is 2.96. The molecule has 1 atom stereocenters. The van der Waals surface area contributed by atoms with E-state index >= 15 is 0 Å². The number of nitrogens with one attached hydrogen (secondary N) is 1. The van der Waals surface area contributed by atoms with E-state index in [4.69, 9.17) is 21.8 Å². The summed E-state index contributed by atoms with van der Waals surface area (Å²) < 4.78 is 18.2. The highest BCUT2D eigenvalue weighted by atomic mass is 35.5. The zero-order valence-corrected chi connectivity index (χ0v) is 10.4. The first kappa shape index (κ1) is 12.8. The lowest BCUT2D eigenvalue weighted by Crippen LogP contribution is -2.04. The van der Waals surface area contributed by atoms with Crippen LogP contribution in [0.1, 0.15) is 24.4 Å². The second-order valence-electron chi connectivity index (χ2n) is 3.84. The van der Waals surface area contributed by atoms with Gasteiger partial charge in [0.05, 0.1) is 11.1 Å². The van der Waals surface area contributed by atoms with Crippen LogP contribution >= 0.6 is 11.6 Å². The van der Waals surface area contributed by atoms with E-state index in [1.807, 2.05) is 0 Å². The first-order chi connectivity index (χ1) is 8.56. The van der Waals surface area contributed by atoms with Crippen LogP contribution in [-0.4, -0.2) is 10.2 Å². The van der Waals surface area contributed by atoms with Gasteiger partial charge < -0.3 is 15.5 Å². The molecule has 0 bridgehead atoms. The normalized spacial score (nSPS) is 12.4. The van der Waals surface area contributed by atoms with E-state index in [9.17, 15) is 4.39 Å². The van der Waals surface area contributed by atoms with E-state index in [-0.39, 0.29) is 17.1 Å². The molecule has 0 radical (unpaired) electrons. The van der Waals surface area contributed by atoms with Crippen molar-refractivity contribution in [1.82, 2.24) is 10.2 Å². The number of hydrogen-bond donors (Lipinski definition) is 2. The highest BCUT2D eigenvalue weighted by Crippen LogP contribution is 2.17. The van der Waals surface area contributed by atoms with Crippen molar-refractivity contribution in [3.63, 3.8) is 0 Å². The van der Waals surface area contributed by atoms with Gasteiger partial charge in [-0.25, -0.2) is 4.39 Å². The van der Waals surface area contributed by atoms with Crippen molar-refractivity contribution in [3.05, 3.63) is 40.5 Å². The number of nitrogens with zero attached hydrogens (tertiary/aromatic N) is 2. The number of nitrogens with two attached hydrogens (primary N) is 1. The van der Waals surface area contributed by atoms with Crippen LogP contribution in [0.3, 0.4) is 0 Å². The topological polar surface area (TPSA) is 77.0 Å². The Morgan fingerprint density at radius 1 is 1.50 bits per heavy atom. The highest BCUT2D eigenvalue weighted by molar-refractivity contribution is 6.30. The second-order valence-corrected chi connectivity index (χ2v) is 4.24. The van der Waals surface area contributed by atoms with Crippen molar-refractivity contribution in [2.24, 2.45) is 5.73 Å². The predicted octanol–water partition coefficient (Wildman–Crippen LogP) is 2.49. The third-order valence-corrected chi connectivity index (χ3v) is 2.55. The van der Waals surface area contributed by atoms with Crippen LogP contribution < -0.4 is 11.1 Å². The van der Waals surface area contributed by atoms with Crippen LogP contribution in [0.4, 0.5) is 10.4 Å². The van der Waals surface area contributed by atoms with Gasteiger partial charge in [0.1, 0.15) is 5.82 Å². The highest BCUT2D eigenvalue weighted by Gasteiger charge is 2.09. The lowest BCUT2D eigenvalue weighted by atomic mass is 10.2. The molecule has 0 fully saturated rings. The molecule has 0 saturated carbocycles. The Morgan fingerprint density at radius 2 is 2.28 bits per heavy atom. The number of hydrogen-bond acceptors (Lipinski definition) is 5. The zero-order valence-electron chi connectivity index (χ0n) is 9.65. The van der Waals surface area contributed by atoms with Crippen LogP contribution in [0.2, 0.25) is 5.02 Å². The molecule has 0 saturated heterocycles. The summed E-state index contributed by atoms with van der Waals surface area (Å²) in [6.45, 7) is 2.15. The summed E-state index contributed by atoms with van der Waals surface area (Å²) in [6.07, 6.45) is 0. The van der Waals surface area contributed by atoms with Crippen LogP contribution in [-0.2, 0) is 6.54 Å². The number of anilines is 1. The zero-order chi connectivity index (χ0) is 13.1. The van der Waals surface area contributed by atoms with Crippen molar-refractivity contribution in [1.29, 1.82) is 0 Å². The molecule has 0 spiro atoms. The van der Waals surface area contributed by atoms with Gasteiger partial charge >= 0.3 is 6.01 Å². The maximum absolute atomic E-state index is 12.9. The smallest absolute Gasteiger partial charge is 0.315 e. The maximum atomic E-state index is 12.9. The van der Waals surface area contributed by atoms with E-state index in [2.05, 4.69) is 15.5 Å². The van der Waals surface area contributed by atoms with Gasteiger partial charge in [-0.15, -0.1) is 5.10 Å². The Balaban J connectivity index is 2.00. The SMILES string of the molecule is CC(N)c1nnc(NCc2ccc(F)c(Cl)c2)o1. The molecule has 0 aliphatic heterocycles. The molecule has 1 aromatic carbocycles. The number of rotatable bonds is 4. The van der Waals surface area contributed by atoms with Gasteiger partial charge in [0.2, 0.25) is 5.89 Å². The lowest BCUT2D eigenvalue weighted by molar-refractivity contribution is 0.472. The van der Waals surface area contributed by atoms with Crippen molar-refractivity contribution in [2.75, 3.05) is 5.32 Å². The van der Waals surface area contributed by atoms with Crippen molar-refractivity contribution in [2.45, 2.75) is 19.5 Å². The van der Waals surface area contributed by atoms with Gasteiger partial charge in [-0.1, -0.05) is 22.8 Å². The van der Waals surface area contributed by atoms with Gasteiger partial charge in [0.25, 0.3) is 0 Å². The van der Waals surface area contributed by atoms with E-state index in [1.54, 1.807) is 13.0 Å². The molecule has 7 heteroatoms. The van der Waals surface area contributed by atoms with Crippen molar-refractivity contribution in [3.8, 4) is 0 Å². The van der Waals surface area contributed by atoms with Gasteiger partial charge in [-0.3, -0.25) is 0 Å². The number of halogens is 2. The third-order valence-electron chi connectivity index (χ3n) is 2.26. The fourth-order valence-electron chi connectivity index (χ4n) is 1.32. The lowest BCUT2D eigenvalue weighted by Gasteiger charge is -2.03. The Kier molecular flexibility index (Phi) is 3.78.